The number of hydrogen-bond donors (Lipinski definition) is 2. The Morgan fingerprint density at radius 2 is 2.00 bits per heavy atom. The van der Waals surface area contributed by atoms with Crippen LogP contribution in [-0.2, 0) is 0 Å². The van der Waals surface area contributed by atoms with Gasteiger partial charge in [-0.15, -0.1) is 0 Å². The zero-order valence-electron chi connectivity index (χ0n) is 7.79. The van der Waals surface area contributed by atoms with Crippen molar-refractivity contribution in [2.75, 3.05) is 0 Å². The van der Waals surface area contributed by atoms with Crippen LogP contribution < -0.4 is 5.48 Å². The van der Waals surface area contributed by atoms with E-state index in [0.29, 0.717) is 0 Å². The van der Waals surface area contributed by atoms with Gasteiger partial charge in [-0.3, -0.25) is 10.0 Å². The highest BCUT2D eigenvalue weighted by molar-refractivity contribution is 5.92. The number of rotatable bonds is 2. The first kappa shape index (κ1) is 9.42. The van der Waals surface area contributed by atoms with Crippen LogP contribution >= 0.6 is 0 Å². The summed E-state index contributed by atoms with van der Waals surface area (Å²) >= 11 is 0. The molecule has 0 aliphatic carbocycles. The van der Waals surface area contributed by atoms with Gasteiger partial charge in [-0.2, -0.15) is 5.10 Å². The molecule has 15 heavy (non-hydrogen) atoms. The van der Waals surface area contributed by atoms with E-state index in [1.54, 1.807) is 5.48 Å². The standard InChI is InChI=1S/C10H9N3O2/c14-10(12-15)9-6-7-11-13(9)8-4-2-1-3-5-8/h1-7,15H,(H,12,14). The summed E-state index contributed by atoms with van der Waals surface area (Å²) in [4.78, 5) is 11.2. The molecule has 1 aromatic heterocycles. The summed E-state index contributed by atoms with van der Waals surface area (Å²) in [7, 11) is 0. The Bertz CT molecular complexity index is 465. The molecule has 76 valence electrons. The van der Waals surface area contributed by atoms with Crippen LogP contribution in [0.15, 0.2) is 42.6 Å². The molecule has 2 rings (SSSR count). The smallest absolute Gasteiger partial charge is 0.288 e. The van der Waals surface area contributed by atoms with Crippen LogP contribution in [0.3, 0.4) is 0 Å². The van der Waals surface area contributed by atoms with E-state index in [1.165, 1.54) is 16.9 Å². The third kappa shape index (κ3) is 1.72. The molecule has 0 atom stereocenters. The molecular formula is C10H9N3O2. The summed E-state index contributed by atoms with van der Waals surface area (Å²) in [6.45, 7) is 0. The summed E-state index contributed by atoms with van der Waals surface area (Å²) in [6, 6.07) is 10.7. The van der Waals surface area contributed by atoms with Gasteiger partial charge in [0.2, 0.25) is 0 Å². The van der Waals surface area contributed by atoms with E-state index in [2.05, 4.69) is 5.10 Å². The topological polar surface area (TPSA) is 67.2 Å². The highest BCUT2D eigenvalue weighted by Gasteiger charge is 2.11. The summed E-state index contributed by atoms with van der Waals surface area (Å²) in [6.07, 6.45) is 1.50. The second-order valence-corrected chi connectivity index (χ2v) is 2.90. The number of carbonyl (C=O) groups excluding carboxylic acids is 1. The molecule has 1 amide bonds. The van der Waals surface area contributed by atoms with Crippen LogP contribution in [0.2, 0.25) is 0 Å². The molecule has 0 fully saturated rings. The fraction of sp³-hybridized carbons (Fsp3) is 0. The Morgan fingerprint density at radius 3 is 2.67 bits per heavy atom. The summed E-state index contributed by atoms with van der Waals surface area (Å²) in [5.41, 5.74) is 2.62. The first-order chi connectivity index (χ1) is 7.33. The van der Waals surface area contributed by atoms with E-state index in [1.807, 2.05) is 30.3 Å². The highest BCUT2D eigenvalue weighted by Crippen LogP contribution is 2.09. The molecule has 0 saturated heterocycles. The van der Waals surface area contributed by atoms with Gasteiger partial charge in [0, 0.05) is 0 Å². The summed E-state index contributed by atoms with van der Waals surface area (Å²) < 4.78 is 1.45. The minimum absolute atomic E-state index is 0.281. The van der Waals surface area contributed by atoms with Gasteiger partial charge >= 0.3 is 0 Å². The van der Waals surface area contributed by atoms with Crippen molar-refractivity contribution in [3.63, 3.8) is 0 Å². The largest absolute Gasteiger partial charge is 0.293 e. The molecule has 0 aliphatic heterocycles. The number of para-hydroxylation sites is 1. The predicted octanol–water partition coefficient (Wildman–Crippen LogP) is 0.991. The van der Waals surface area contributed by atoms with E-state index in [9.17, 15) is 4.79 Å². The third-order valence-corrected chi connectivity index (χ3v) is 1.98. The van der Waals surface area contributed by atoms with E-state index >= 15 is 0 Å². The molecule has 2 N–H and O–H groups in total. The Hall–Kier alpha value is -2.14. The van der Waals surface area contributed by atoms with Crippen molar-refractivity contribution in [3.8, 4) is 5.69 Å². The molecule has 5 heteroatoms. The van der Waals surface area contributed by atoms with Crippen LogP contribution in [0.1, 0.15) is 10.5 Å². The van der Waals surface area contributed by atoms with Gasteiger partial charge in [0.1, 0.15) is 5.69 Å². The second kappa shape index (κ2) is 3.93. The normalized spacial score (nSPS) is 9.93. The average molecular weight is 203 g/mol. The number of nitrogens with one attached hydrogen (secondary N) is 1. The first-order valence-corrected chi connectivity index (χ1v) is 4.37. The Balaban J connectivity index is 2.46. The SMILES string of the molecule is O=C(NO)c1ccnn1-c1ccccc1. The van der Waals surface area contributed by atoms with E-state index in [-0.39, 0.29) is 5.69 Å². The van der Waals surface area contributed by atoms with Crippen molar-refractivity contribution < 1.29 is 10.0 Å². The maximum atomic E-state index is 11.2. The van der Waals surface area contributed by atoms with Crippen molar-refractivity contribution in [3.05, 3.63) is 48.3 Å². The predicted molar refractivity (Wildman–Crippen MR) is 52.8 cm³/mol. The van der Waals surface area contributed by atoms with E-state index in [4.69, 9.17) is 5.21 Å². The van der Waals surface area contributed by atoms with Gasteiger partial charge < -0.3 is 0 Å². The van der Waals surface area contributed by atoms with Crippen LogP contribution in [0, 0.1) is 0 Å². The Labute approximate surface area is 85.9 Å². The number of amides is 1. The van der Waals surface area contributed by atoms with Gasteiger partial charge in [-0.1, -0.05) is 18.2 Å². The van der Waals surface area contributed by atoms with Crippen molar-refractivity contribution in [1.82, 2.24) is 15.3 Å². The maximum Gasteiger partial charge on any atom is 0.293 e. The molecule has 0 unspecified atom stereocenters. The quantitative estimate of drug-likeness (QED) is 0.565. The minimum atomic E-state index is -0.587. The molecule has 5 nitrogen and oxygen atoms in total. The summed E-state index contributed by atoms with van der Waals surface area (Å²) in [5.74, 6) is -0.587. The Morgan fingerprint density at radius 1 is 1.27 bits per heavy atom. The van der Waals surface area contributed by atoms with Crippen LogP contribution in [0.5, 0.6) is 0 Å². The first-order valence-electron chi connectivity index (χ1n) is 4.37. The van der Waals surface area contributed by atoms with Gasteiger partial charge in [-0.25, -0.2) is 10.2 Å². The molecule has 0 spiro atoms. The molecule has 2 aromatic rings. The Kier molecular flexibility index (Phi) is 2.47. The molecule has 0 aliphatic rings. The monoisotopic (exact) mass is 203 g/mol. The van der Waals surface area contributed by atoms with Crippen LogP contribution in [-0.4, -0.2) is 20.9 Å². The molecule has 1 aromatic carbocycles. The number of carbonyl (C=O) groups is 1. The highest BCUT2D eigenvalue weighted by atomic mass is 16.5. The fourth-order valence-electron chi connectivity index (χ4n) is 1.31. The van der Waals surface area contributed by atoms with Crippen LogP contribution in [0.4, 0.5) is 0 Å². The number of hydroxylamine groups is 1. The molecule has 0 radical (unpaired) electrons. The third-order valence-electron chi connectivity index (χ3n) is 1.98. The lowest BCUT2D eigenvalue weighted by Crippen LogP contribution is -2.22. The van der Waals surface area contributed by atoms with Crippen molar-refractivity contribution in [1.29, 1.82) is 0 Å². The lowest BCUT2D eigenvalue weighted by atomic mass is 10.3. The van der Waals surface area contributed by atoms with Gasteiger partial charge in [0.05, 0.1) is 11.9 Å². The second-order valence-electron chi connectivity index (χ2n) is 2.90. The zero-order chi connectivity index (χ0) is 10.7. The fourth-order valence-corrected chi connectivity index (χ4v) is 1.31. The average Bonchev–Trinajstić information content (AvgIpc) is 2.78. The summed E-state index contributed by atoms with van der Waals surface area (Å²) in [5, 5.41) is 12.5. The minimum Gasteiger partial charge on any atom is -0.288 e. The lowest BCUT2D eigenvalue weighted by Gasteiger charge is -2.04. The van der Waals surface area contributed by atoms with Gasteiger partial charge in [0.25, 0.3) is 5.91 Å². The van der Waals surface area contributed by atoms with Crippen molar-refractivity contribution in [2.24, 2.45) is 0 Å². The number of nitrogens with zero attached hydrogens (tertiary/aromatic N) is 2. The number of aromatic nitrogens is 2. The lowest BCUT2D eigenvalue weighted by molar-refractivity contribution is 0.0697. The molecule has 0 bridgehead atoms. The molecular weight excluding hydrogens is 194 g/mol. The zero-order valence-corrected chi connectivity index (χ0v) is 7.79. The van der Waals surface area contributed by atoms with E-state index in [0.717, 1.165) is 5.69 Å². The maximum absolute atomic E-state index is 11.2. The number of benzene rings is 1. The van der Waals surface area contributed by atoms with E-state index < -0.39 is 5.91 Å². The molecule has 0 saturated carbocycles. The number of hydrogen-bond acceptors (Lipinski definition) is 3. The van der Waals surface area contributed by atoms with Crippen molar-refractivity contribution >= 4 is 5.91 Å². The van der Waals surface area contributed by atoms with Crippen molar-refractivity contribution in [2.45, 2.75) is 0 Å². The van der Waals surface area contributed by atoms with Gasteiger partial charge in [0.15, 0.2) is 0 Å². The van der Waals surface area contributed by atoms with Gasteiger partial charge in [-0.05, 0) is 18.2 Å². The molecule has 1 heterocycles. The van der Waals surface area contributed by atoms with Crippen LogP contribution in [0.25, 0.3) is 5.69 Å².